The van der Waals surface area contributed by atoms with Crippen LogP contribution in [0.15, 0.2) is 0 Å². The SMILES string of the molecule is CCC[PH](CCC)(CCC)[Ru]([Cl])([Cl])([PH](CCC)(CCC)CCC)[PH](CCC)(CCC)CCC. The summed E-state index contributed by atoms with van der Waals surface area (Å²) in [6.45, 7) is 22.1. The Hall–Kier alpha value is 2.49. The van der Waals surface area contributed by atoms with E-state index in [0.717, 1.165) is 0 Å². The van der Waals surface area contributed by atoms with Crippen LogP contribution < -0.4 is 0 Å². The van der Waals surface area contributed by atoms with Gasteiger partial charge in [-0.15, -0.1) is 0 Å². The van der Waals surface area contributed by atoms with Crippen LogP contribution in [0.3, 0.4) is 0 Å². The van der Waals surface area contributed by atoms with Crippen molar-refractivity contribution in [2.24, 2.45) is 0 Å². The fourth-order valence-corrected chi connectivity index (χ4v) is 165. The molecule has 0 aliphatic rings. The van der Waals surface area contributed by atoms with E-state index >= 15 is 0 Å². The van der Waals surface area contributed by atoms with Crippen molar-refractivity contribution in [1.29, 1.82) is 0 Å². The van der Waals surface area contributed by atoms with Crippen molar-refractivity contribution in [3.63, 3.8) is 0 Å². The molecule has 0 atom stereocenters. The molecule has 0 saturated heterocycles. The van der Waals surface area contributed by atoms with Crippen LogP contribution in [-0.2, 0) is 10.2 Å². The second-order valence-corrected chi connectivity index (χ2v) is 76.1. The molecule has 0 nitrogen and oxygen atoms in total. The molecular formula is C27H66Cl2P3Ru. The summed E-state index contributed by atoms with van der Waals surface area (Å²) < 4.78 is 0. The number of halogens is 2. The molecule has 0 aromatic carbocycles. The van der Waals surface area contributed by atoms with Crippen LogP contribution in [0, 0.1) is 0 Å². The molecule has 0 heterocycles. The van der Waals surface area contributed by atoms with Gasteiger partial charge in [0, 0.05) is 0 Å². The standard InChI is InChI=1S/3C9H21P.2ClH.Ru/c3*1-4-7-10(8-5-2)9-6-3;;;/h3*4-9H2,1-3H3;2*1H;/q;;;;;-1/p+1. The van der Waals surface area contributed by atoms with E-state index in [1.807, 2.05) is 0 Å². The molecule has 0 aliphatic carbocycles. The summed E-state index contributed by atoms with van der Waals surface area (Å²) in [5.74, 6) is 0. The summed E-state index contributed by atoms with van der Waals surface area (Å²) in [6.07, 6.45) is 24.7. The second-order valence-electron chi connectivity index (χ2n) is 10.8. The second kappa shape index (κ2) is 16.5. The van der Waals surface area contributed by atoms with Crippen molar-refractivity contribution in [2.75, 3.05) is 55.5 Å². The molecule has 211 valence electrons. The Morgan fingerprint density at radius 3 is 0.545 bits per heavy atom. The summed E-state index contributed by atoms with van der Waals surface area (Å²) in [4.78, 5) is 0. The Labute approximate surface area is 220 Å². The van der Waals surface area contributed by atoms with E-state index in [1.54, 1.807) is 0 Å². The van der Waals surface area contributed by atoms with Gasteiger partial charge in [-0.1, -0.05) is 0 Å². The number of hydrogen-bond donors (Lipinski definition) is 0. The van der Waals surface area contributed by atoms with Gasteiger partial charge in [-0.25, -0.2) is 0 Å². The van der Waals surface area contributed by atoms with Crippen LogP contribution >= 0.6 is 36.2 Å². The third-order valence-electron chi connectivity index (χ3n) is 8.20. The zero-order chi connectivity index (χ0) is 25.7. The predicted molar refractivity (Wildman–Crippen MR) is 173 cm³/mol. The van der Waals surface area contributed by atoms with E-state index in [4.69, 9.17) is 19.4 Å². The fourth-order valence-electron chi connectivity index (χ4n) is 7.69. The first-order valence-electron chi connectivity index (χ1n) is 14.8. The van der Waals surface area contributed by atoms with E-state index in [-0.39, 0.29) is 0 Å². The Morgan fingerprint density at radius 2 is 0.455 bits per heavy atom. The first-order valence-corrected chi connectivity index (χ1v) is 34.6. The van der Waals surface area contributed by atoms with Crippen molar-refractivity contribution < 1.29 is 10.2 Å². The predicted octanol–water partition coefficient (Wildman–Crippen LogP) is 11.7. The zero-order valence-electron chi connectivity index (χ0n) is 24.3. The summed E-state index contributed by atoms with van der Waals surface area (Å²) in [5, 5.41) is 0. The first-order chi connectivity index (χ1) is 15.6. The average molecular weight is 656 g/mol. The molecule has 0 aromatic rings. The molecular weight excluding hydrogens is 589 g/mol. The van der Waals surface area contributed by atoms with Crippen molar-refractivity contribution in [3.8, 4) is 0 Å². The number of rotatable bonds is 21. The van der Waals surface area contributed by atoms with Crippen LogP contribution in [0.4, 0.5) is 0 Å². The van der Waals surface area contributed by atoms with Gasteiger partial charge in [0.05, 0.1) is 0 Å². The van der Waals surface area contributed by atoms with Crippen LogP contribution in [0.1, 0.15) is 120 Å². The normalized spacial score (nSPS) is 16.4. The Bertz CT molecular complexity index is 405. The van der Waals surface area contributed by atoms with E-state index in [2.05, 4.69) is 62.3 Å². The minimum absolute atomic E-state index is 1.31. The fraction of sp³-hybridized carbons (Fsp3) is 1.00. The van der Waals surface area contributed by atoms with E-state index in [1.165, 1.54) is 113 Å². The van der Waals surface area contributed by atoms with Crippen molar-refractivity contribution in [3.05, 3.63) is 0 Å². The number of hydrogen-bond acceptors (Lipinski definition) is 0. The Kier molecular flexibility index (Phi) is 17.7. The molecule has 0 rings (SSSR count). The maximum atomic E-state index is 9.10. The third-order valence-corrected chi connectivity index (χ3v) is 136. The molecule has 0 spiro atoms. The van der Waals surface area contributed by atoms with Crippen molar-refractivity contribution in [1.82, 2.24) is 0 Å². The van der Waals surface area contributed by atoms with E-state index in [0.29, 0.717) is 0 Å². The molecule has 0 amide bonds. The van der Waals surface area contributed by atoms with Gasteiger partial charge < -0.3 is 0 Å². The molecule has 0 unspecified atom stereocenters. The summed E-state index contributed by atoms with van der Waals surface area (Å²) in [7, 11) is 14.5. The van der Waals surface area contributed by atoms with E-state index in [9.17, 15) is 0 Å². The Balaban J connectivity index is 8.01. The molecule has 33 heavy (non-hydrogen) atoms. The van der Waals surface area contributed by atoms with Crippen LogP contribution in [0.2, 0.25) is 0 Å². The molecule has 0 bridgehead atoms. The van der Waals surface area contributed by atoms with Gasteiger partial charge >= 0.3 is 222 Å². The molecule has 0 fully saturated rings. The molecule has 0 saturated carbocycles. The summed E-state index contributed by atoms with van der Waals surface area (Å²) in [6, 6.07) is 0. The molecule has 0 radical (unpaired) electrons. The average Bonchev–Trinajstić information content (AvgIpc) is 2.75. The first kappa shape index (κ1) is 35.5. The summed E-state index contributed by atoms with van der Waals surface area (Å²) in [5.41, 5.74) is -5.51. The van der Waals surface area contributed by atoms with Crippen LogP contribution in [0.5, 0.6) is 0 Å². The van der Waals surface area contributed by atoms with Gasteiger partial charge in [-0.2, -0.15) is 0 Å². The monoisotopic (exact) mass is 655 g/mol. The van der Waals surface area contributed by atoms with Crippen LogP contribution in [0.25, 0.3) is 0 Å². The van der Waals surface area contributed by atoms with Gasteiger partial charge in [0.1, 0.15) is 0 Å². The maximum absolute atomic E-state index is 9.10. The zero-order valence-corrected chi connectivity index (χ0v) is 30.6. The van der Waals surface area contributed by atoms with Gasteiger partial charge in [0.15, 0.2) is 0 Å². The topological polar surface area (TPSA) is 0 Å². The van der Waals surface area contributed by atoms with Crippen molar-refractivity contribution in [2.45, 2.75) is 120 Å². The van der Waals surface area contributed by atoms with Gasteiger partial charge in [0.25, 0.3) is 0 Å². The molecule has 0 N–H and O–H groups in total. The Morgan fingerprint density at radius 1 is 0.333 bits per heavy atom. The van der Waals surface area contributed by atoms with E-state index < -0.39 is 27.0 Å². The molecule has 0 aromatic heterocycles. The quantitative estimate of drug-likeness (QED) is 0.0853. The molecule has 0 aliphatic heterocycles. The third kappa shape index (κ3) is 6.56. The van der Waals surface area contributed by atoms with Gasteiger partial charge in [-0.05, 0) is 0 Å². The van der Waals surface area contributed by atoms with Gasteiger partial charge in [-0.3, -0.25) is 0 Å². The molecule has 6 heteroatoms. The summed E-state index contributed by atoms with van der Waals surface area (Å²) >= 11 is 0. The van der Waals surface area contributed by atoms with Crippen molar-refractivity contribution >= 4 is 36.2 Å². The minimum atomic E-state index is -3.74. The van der Waals surface area contributed by atoms with Crippen LogP contribution in [-0.4, -0.2) is 55.5 Å². The van der Waals surface area contributed by atoms with Gasteiger partial charge in [0.2, 0.25) is 0 Å².